The minimum atomic E-state index is -0.407. The fourth-order valence-electron chi connectivity index (χ4n) is 4.64. The molecule has 28 heavy (non-hydrogen) atoms. The van der Waals surface area contributed by atoms with Gasteiger partial charge < -0.3 is 0 Å². The highest BCUT2D eigenvalue weighted by Crippen LogP contribution is 2.50. The molecule has 2 aliphatic rings. The van der Waals surface area contributed by atoms with Gasteiger partial charge in [0.25, 0.3) is 0 Å². The smallest absolute Gasteiger partial charge is 0.173 e. The zero-order valence-electron chi connectivity index (χ0n) is 15.4. The van der Waals surface area contributed by atoms with Crippen LogP contribution in [-0.2, 0) is 6.42 Å². The van der Waals surface area contributed by atoms with Crippen molar-refractivity contribution in [2.75, 3.05) is 0 Å². The zero-order chi connectivity index (χ0) is 19.1. The maximum atomic E-state index is 13.4. The van der Waals surface area contributed by atoms with Crippen LogP contribution >= 0.6 is 0 Å². The lowest BCUT2D eigenvalue weighted by atomic mass is 9.80. The molecule has 0 amide bonds. The highest BCUT2D eigenvalue weighted by Gasteiger charge is 2.47. The molecule has 2 aliphatic carbocycles. The second-order valence-electron chi connectivity index (χ2n) is 7.81. The number of allylic oxidation sites excluding steroid dienone is 2. The van der Waals surface area contributed by atoms with E-state index in [4.69, 9.17) is 5.26 Å². The topological polar surface area (TPSA) is 40.9 Å². The average molecular weight is 361 g/mol. The van der Waals surface area contributed by atoms with Gasteiger partial charge in [-0.2, -0.15) is 5.26 Å². The van der Waals surface area contributed by atoms with E-state index in [-0.39, 0.29) is 5.78 Å². The maximum Gasteiger partial charge on any atom is 0.173 e. The van der Waals surface area contributed by atoms with E-state index in [1.165, 1.54) is 5.56 Å². The van der Waals surface area contributed by atoms with Crippen LogP contribution in [0.2, 0.25) is 0 Å². The molecule has 2 unspecified atom stereocenters. The monoisotopic (exact) mass is 361 g/mol. The number of hydrogen-bond donors (Lipinski definition) is 0. The van der Waals surface area contributed by atoms with E-state index in [0.29, 0.717) is 11.5 Å². The van der Waals surface area contributed by atoms with Crippen molar-refractivity contribution in [3.8, 4) is 17.2 Å². The predicted molar refractivity (Wildman–Crippen MR) is 110 cm³/mol. The number of nitriles is 1. The first-order valence-electron chi connectivity index (χ1n) is 9.61. The molecule has 5 rings (SSSR count). The summed E-state index contributed by atoms with van der Waals surface area (Å²) in [6, 6.07) is 26.3. The number of benzene rings is 3. The molecule has 3 aromatic carbocycles. The van der Waals surface area contributed by atoms with Gasteiger partial charge in [-0.3, -0.25) is 4.79 Å². The minimum absolute atomic E-state index is 0.232. The number of carbonyl (C=O) groups excluding carboxylic acids is 1. The molecule has 0 heterocycles. The molecular weight excluding hydrogens is 342 g/mol. The number of ketones is 1. The van der Waals surface area contributed by atoms with Crippen LogP contribution in [0.15, 0.2) is 84.9 Å². The van der Waals surface area contributed by atoms with Gasteiger partial charge in [0.1, 0.15) is 0 Å². The number of hydrogen-bond acceptors (Lipinski definition) is 2. The number of fused-ring (bicyclic) bond motifs is 1. The SMILES string of the molecule is N#Cc1cccc(-c2ccc3c(c2)C(=O)C2(C=CC(c4ccccc4)C2)C3)c1. The molecule has 0 radical (unpaired) electrons. The molecule has 0 N–H and O–H groups in total. The molecule has 0 saturated carbocycles. The summed E-state index contributed by atoms with van der Waals surface area (Å²) in [4.78, 5) is 13.4. The summed E-state index contributed by atoms with van der Waals surface area (Å²) >= 11 is 0. The predicted octanol–water partition coefficient (Wildman–Crippen LogP) is 5.69. The highest BCUT2D eigenvalue weighted by atomic mass is 16.1. The third-order valence-electron chi connectivity index (χ3n) is 6.10. The summed E-state index contributed by atoms with van der Waals surface area (Å²) in [6.07, 6.45) is 5.96. The number of nitrogens with zero attached hydrogens (tertiary/aromatic N) is 1. The normalized spacial score (nSPS) is 22.4. The van der Waals surface area contributed by atoms with Crippen LogP contribution in [0.5, 0.6) is 0 Å². The Morgan fingerprint density at radius 2 is 1.75 bits per heavy atom. The fourth-order valence-corrected chi connectivity index (χ4v) is 4.64. The van der Waals surface area contributed by atoms with Gasteiger partial charge in [0.05, 0.1) is 17.0 Å². The van der Waals surface area contributed by atoms with E-state index in [0.717, 1.165) is 35.1 Å². The summed E-state index contributed by atoms with van der Waals surface area (Å²) in [7, 11) is 0. The number of rotatable bonds is 2. The number of carbonyl (C=O) groups is 1. The van der Waals surface area contributed by atoms with Crippen molar-refractivity contribution in [2.24, 2.45) is 5.41 Å². The van der Waals surface area contributed by atoms with Crippen LogP contribution in [-0.4, -0.2) is 5.78 Å². The van der Waals surface area contributed by atoms with Crippen molar-refractivity contribution in [3.63, 3.8) is 0 Å². The largest absolute Gasteiger partial charge is 0.293 e. The average Bonchev–Trinajstić information content (AvgIpc) is 3.30. The molecule has 0 fully saturated rings. The van der Waals surface area contributed by atoms with E-state index in [1.807, 2.05) is 30.3 Å². The lowest BCUT2D eigenvalue weighted by Crippen LogP contribution is -2.24. The van der Waals surface area contributed by atoms with Gasteiger partial charge in [-0.05, 0) is 53.3 Å². The first-order valence-corrected chi connectivity index (χ1v) is 9.61. The molecule has 0 bridgehead atoms. The molecule has 0 saturated heterocycles. The van der Waals surface area contributed by atoms with E-state index in [2.05, 4.69) is 54.6 Å². The van der Waals surface area contributed by atoms with Gasteiger partial charge in [0, 0.05) is 11.5 Å². The van der Waals surface area contributed by atoms with Gasteiger partial charge >= 0.3 is 0 Å². The summed E-state index contributed by atoms with van der Waals surface area (Å²) in [6.45, 7) is 0. The Kier molecular flexibility index (Phi) is 3.77. The van der Waals surface area contributed by atoms with Gasteiger partial charge in [-0.1, -0.05) is 66.7 Å². The maximum absolute atomic E-state index is 13.4. The van der Waals surface area contributed by atoms with Crippen molar-refractivity contribution in [1.29, 1.82) is 5.26 Å². The van der Waals surface area contributed by atoms with E-state index >= 15 is 0 Å². The minimum Gasteiger partial charge on any atom is -0.293 e. The summed E-state index contributed by atoms with van der Waals surface area (Å²) in [5.41, 5.74) is 5.42. The quantitative estimate of drug-likeness (QED) is 0.550. The molecular formula is C26H19NO. The second-order valence-corrected chi connectivity index (χ2v) is 7.81. The summed E-state index contributed by atoms with van der Waals surface area (Å²) in [5, 5.41) is 9.15. The molecule has 3 aromatic rings. The van der Waals surface area contributed by atoms with Crippen LogP contribution in [0.3, 0.4) is 0 Å². The molecule has 2 heteroatoms. The Bertz CT molecular complexity index is 1150. The molecule has 134 valence electrons. The van der Waals surface area contributed by atoms with E-state index < -0.39 is 5.41 Å². The summed E-state index contributed by atoms with van der Waals surface area (Å²) in [5.74, 6) is 0.529. The molecule has 1 spiro atoms. The summed E-state index contributed by atoms with van der Waals surface area (Å²) < 4.78 is 0. The third kappa shape index (κ3) is 2.60. The van der Waals surface area contributed by atoms with Gasteiger partial charge in [0.2, 0.25) is 0 Å². The van der Waals surface area contributed by atoms with Crippen molar-refractivity contribution >= 4 is 5.78 Å². The second kappa shape index (κ2) is 6.32. The first kappa shape index (κ1) is 16.7. The number of Topliss-reactive ketones (excluding diaryl/α,β-unsaturated/α-hetero) is 1. The highest BCUT2D eigenvalue weighted by molar-refractivity contribution is 6.07. The van der Waals surface area contributed by atoms with Crippen molar-refractivity contribution in [1.82, 2.24) is 0 Å². The van der Waals surface area contributed by atoms with Crippen LogP contribution in [0.4, 0.5) is 0 Å². The Balaban J connectivity index is 1.47. The zero-order valence-corrected chi connectivity index (χ0v) is 15.4. The van der Waals surface area contributed by atoms with Gasteiger partial charge in [-0.25, -0.2) is 0 Å². The third-order valence-corrected chi connectivity index (χ3v) is 6.10. The molecule has 2 atom stereocenters. The van der Waals surface area contributed by atoms with Crippen LogP contribution in [0.25, 0.3) is 11.1 Å². The van der Waals surface area contributed by atoms with Crippen LogP contribution in [0.1, 0.15) is 39.4 Å². The van der Waals surface area contributed by atoms with Gasteiger partial charge in [-0.15, -0.1) is 0 Å². The lowest BCUT2D eigenvalue weighted by molar-refractivity contribution is 0.0870. The molecule has 2 nitrogen and oxygen atoms in total. The molecule has 0 aromatic heterocycles. The van der Waals surface area contributed by atoms with Crippen molar-refractivity contribution in [2.45, 2.75) is 18.8 Å². The van der Waals surface area contributed by atoms with Crippen molar-refractivity contribution < 1.29 is 4.79 Å². The first-order chi connectivity index (χ1) is 13.7. The van der Waals surface area contributed by atoms with Gasteiger partial charge in [0.15, 0.2) is 5.78 Å². The fraction of sp³-hybridized carbons (Fsp3) is 0.154. The Morgan fingerprint density at radius 1 is 0.929 bits per heavy atom. The Morgan fingerprint density at radius 3 is 2.57 bits per heavy atom. The van der Waals surface area contributed by atoms with Crippen molar-refractivity contribution in [3.05, 3.63) is 107 Å². The van der Waals surface area contributed by atoms with Crippen LogP contribution < -0.4 is 0 Å². The Hall–Kier alpha value is -3.44. The molecule has 0 aliphatic heterocycles. The lowest BCUT2D eigenvalue weighted by Gasteiger charge is -2.21. The van der Waals surface area contributed by atoms with E-state index in [1.54, 1.807) is 6.07 Å². The Labute approximate surface area is 164 Å². The van der Waals surface area contributed by atoms with E-state index in [9.17, 15) is 4.79 Å². The standard InChI is InChI=1S/C26H19NO/c27-17-18-5-4-8-20(13-18)21-9-10-23-16-26(25(28)24(23)14-21)12-11-22(15-26)19-6-2-1-3-7-19/h1-14,22H,15-16H2. The van der Waals surface area contributed by atoms with Crippen LogP contribution in [0, 0.1) is 16.7 Å².